The van der Waals surface area contributed by atoms with Crippen LogP contribution < -0.4 is 9.64 Å². The van der Waals surface area contributed by atoms with Crippen LogP contribution in [0.25, 0.3) is 22.2 Å². The number of fused-ring (bicyclic) bond motifs is 1. The van der Waals surface area contributed by atoms with E-state index in [9.17, 15) is 0 Å². The first-order valence-corrected chi connectivity index (χ1v) is 9.68. The zero-order valence-corrected chi connectivity index (χ0v) is 15.9. The van der Waals surface area contributed by atoms with Crippen molar-refractivity contribution in [1.29, 1.82) is 0 Å². The SMILES string of the molecule is c1ccc(COc2nc(-c3cccc4[nH]ccc34)cc(N3CCOCC3)n2)nc1. The molecule has 0 saturated carbocycles. The summed E-state index contributed by atoms with van der Waals surface area (Å²) in [6, 6.07) is 16.3. The Balaban J connectivity index is 1.53. The minimum atomic E-state index is 0.321. The number of morpholine rings is 1. The molecule has 4 heterocycles. The highest BCUT2D eigenvalue weighted by Crippen LogP contribution is 2.30. The minimum absolute atomic E-state index is 0.321. The molecule has 1 aliphatic rings. The van der Waals surface area contributed by atoms with E-state index in [0.717, 1.165) is 46.8 Å². The molecule has 0 radical (unpaired) electrons. The molecule has 29 heavy (non-hydrogen) atoms. The number of pyridine rings is 1. The van der Waals surface area contributed by atoms with Crippen LogP contribution in [-0.2, 0) is 11.3 Å². The summed E-state index contributed by atoms with van der Waals surface area (Å²) in [4.78, 5) is 19.2. The Labute approximate surface area is 168 Å². The summed E-state index contributed by atoms with van der Waals surface area (Å²) in [5, 5.41) is 1.12. The van der Waals surface area contributed by atoms with E-state index < -0.39 is 0 Å². The third-order valence-corrected chi connectivity index (χ3v) is 4.97. The normalized spacial score (nSPS) is 14.3. The molecule has 7 heteroatoms. The molecule has 0 aliphatic carbocycles. The maximum absolute atomic E-state index is 5.93. The summed E-state index contributed by atoms with van der Waals surface area (Å²) in [5.74, 6) is 0.849. The first kappa shape index (κ1) is 17.6. The molecule has 0 unspecified atom stereocenters. The van der Waals surface area contributed by atoms with E-state index in [4.69, 9.17) is 14.5 Å². The van der Waals surface area contributed by atoms with E-state index in [-0.39, 0.29) is 0 Å². The fourth-order valence-electron chi connectivity index (χ4n) is 3.50. The van der Waals surface area contributed by atoms with Crippen LogP contribution in [0, 0.1) is 0 Å². The summed E-state index contributed by atoms with van der Waals surface area (Å²) in [6.07, 6.45) is 3.69. The molecule has 0 amide bonds. The lowest BCUT2D eigenvalue weighted by atomic mass is 10.1. The first-order valence-electron chi connectivity index (χ1n) is 9.68. The zero-order valence-electron chi connectivity index (χ0n) is 15.9. The van der Waals surface area contributed by atoms with Gasteiger partial charge in [-0.2, -0.15) is 9.97 Å². The number of nitrogens with one attached hydrogen (secondary N) is 1. The molecule has 0 bridgehead atoms. The van der Waals surface area contributed by atoms with Crippen LogP contribution in [0.4, 0.5) is 5.82 Å². The Hall–Kier alpha value is -3.45. The average Bonchev–Trinajstić information content (AvgIpc) is 3.28. The third kappa shape index (κ3) is 3.77. The van der Waals surface area contributed by atoms with Crippen LogP contribution in [0.15, 0.2) is 60.9 Å². The van der Waals surface area contributed by atoms with E-state index in [2.05, 4.69) is 38.1 Å². The second-order valence-corrected chi connectivity index (χ2v) is 6.85. The molecule has 1 saturated heterocycles. The number of rotatable bonds is 5. The number of benzene rings is 1. The van der Waals surface area contributed by atoms with Gasteiger partial charge in [0.2, 0.25) is 0 Å². The molecule has 1 fully saturated rings. The molecule has 3 aromatic heterocycles. The average molecular weight is 387 g/mol. The molecule has 0 spiro atoms. The van der Waals surface area contributed by atoms with Gasteiger partial charge < -0.3 is 19.4 Å². The topological polar surface area (TPSA) is 76.2 Å². The number of H-pyrrole nitrogens is 1. The maximum atomic E-state index is 5.93. The third-order valence-electron chi connectivity index (χ3n) is 4.97. The van der Waals surface area contributed by atoms with E-state index in [0.29, 0.717) is 25.8 Å². The quantitative estimate of drug-likeness (QED) is 0.565. The fourth-order valence-corrected chi connectivity index (χ4v) is 3.50. The maximum Gasteiger partial charge on any atom is 0.319 e. The van der Waals surface area contributed by atoms with Crippen molar-refractivity contribution in [3.8, 4) is 17.3 Å². The minimum Gasteiger partial charge on any atom is -0.457 e. The van der Waals surface area contributed by atoms with Gasteiger partial charge in [0.05, 0.1) is 24.6 Å². The van der Waals surface area contributed by atoms with Gasteiger partial charge in [0.1, 0.15) is 12.4 Å². The second-order valence-electron chi connectivity index (χ2n) is 6.85. The molecule has 4 aromatic rings. The van der Waals surface area contributed by atoms with Crippen LogP contribution in [0.3, 0.4) is 0 Å². The van der Waals surface area contributed by atoms with Crippen LogP contribution >= 0.6 is 0 Å². The predicted octanol–water partition coefficient (Wildman–Crippen LogP) is 3.44. The Kier molecular flexibility index (Phi) is 4.80. The summed E-state index contributed by atoms with van der Waals surface area (Å²) < 4.78 is 11.4. The highest BCUT2D eigenvalue weighted by molar-refractivity contribution is 5.94. The Morgan fingerprint density at radius 3 is 2.83 bits per heavy atom. The molecule has 0 atom stereocenters. The van der Waals surface area contributed by atoms with Crippen LogP contribution in [-0.4, -0.2) is 46.2 Å². The lowest BCUT2D eigenvalue weighted by molar-refractivity contribution is 0.122. The number of ether oxygens (including phenoxy) is 2. The first-order chi connectivity index (χ1) is 14.4. The van der Waals surface area contributed by atoms with Crippen LogP contribution in [0.5, 0.6) is 6.01 Å². The Morgan fingerprint density at radius 2 is 1.97 bits per heavy atom. The highest BCUT2D eigenvalue weighted by Gasteiger charge is 2.17. The number of nitrogens with zero attached hydrogens (tertiary/aromatic N) is 4. The van der Waals surface area contributed by atoms with Crippen molar-refractivity contribution in [3.63, 3.8) is 0 Å². The van der Waals surface area contributed by atoms with Gasteiger partial charge in [-0.15, -0.1) is 0 Å². The standard InChI is InChI=1S/C22H21N5O2/c1-2-8-23-16(4-1)15-29-22-25-20(14-21(26-22)27-10-12-28-13-11-27)17-5-3-6-19-18(17)7-9-24-19/h1-9,14,24H,10-13,15H2. The number of aromatic amines is 1. The van der Waals surface area contributed by atoms with Gasteiger partial charge in [0.25, 0.3) is 0 Å². The van der Waals surface area contributed by atoms with Crippen LogP contribution in [0.2, 0.25) is 0 Å². The summed E-state index contributed by atoms with van der Waals surface area (Å²) in [5.41, 5.74) is 3.79. The van der Waals surface area contributed by atoms with Crippen LogP contribution in [0.1, 0.15) is 5.69 Å². The van der Waals surface area contributed by atoms with Gasteiger partial charge >= 0.3 is 6.01 Å². The smallest absolute Gasteiger partial charge is 0.319 e. The zero-order chi connectivity index (χ0) is 19.5. The summed E-state index contributed by atoms with van der Waals surface area (Å²) in [7, 11) is 0. The molecule has 7 nitrogen and oxygen atoms in total. The van der Waals surface area contributed by atoms with Crippen molar-refractivity contribution < 1.29 is 9.47 Å². The van der Waals surface area contributed by atoms with Crippen molar-refractivity contribution in [3.05, 3.63) is 66.6 Å². The van der Waals surface area contributed by atoms with E-state index in [1.54, 1.807) is 6.20 Å². The summed E-state index contributed by atoms with van der Waals surface area (Å²) in [6.45, 7) is 3.30. The van der Waals surface area contributed by atoms with Crippen molar-refractivity contribution in [1.82, 2.24) is 19.9 Å². The lowest BCUT2D eigenvalue weighted by Crippen LogP contribution is -2.36. The number of hydrogen-bond donors (Lipinski definition) is 1. The van der Waals surface area contributed by atoms with Crippen molar-refractivity contribution >= 4 is 16.7 Å². The molecular formula is C22H21N5O2. The van der Waals surface area contributed by atoms with Gasteiger partial charge in [-0.05, 0) is 24.3 Å². The Morgan fingerprint density at radius 1 is 1.03 bits per heavy atom. The summed E-state index contributed by atoms with van der Waals surface area (Å²) >= 11 is 0. The largest absolute Gasteiger partial charge is 0.457 e. The number of hydrogen-bond acceptors (Lipinski definition) is 6. The van der Waals surface area contributed by atoms with E-state index >= 15 is 0 Å². The molecule has 1 aromatic carbocycles. The van der Waals surface area contributed by atoms with Gasteiger partial charge in [-0.3, -0.25) is 4.98 Å². The van der Waals surface area contributed by atoms with Gasteiger partial charge in [-0.25, -0.2) is 0 Å². The van der Waals surface area contributed by atoms with Gasteiger partial charge in [0, 0.05) is 48.0 Å². The molecule has 1 aliphatic heterocycles. The number of anilines is 1. The van der Waals surface area contributed by atoms with Gasteiger partial charge in [0.15, 0.2) is 0 Å². The Bertz CT molecular complexity index is 1110. The van der Waals surface area contributed by atoms with E-state index in [1.165, 1.54) is 0 Å². The predicted molar refractivity (Wildman–Crippen MR) is 111 cm³/mol. The monoisotopic (exact) mass is 387 g/mol. The molecular weight excluding hydrogens is 366 g/mol. The fraction of sp³-hybridized carbons (Fsp3) is 0.227. The highest BCUT2D eigenvalue weighted by atomic mass is 16.5. The van der Waals surface area contributed by atoms with E-state index in [1.807, 2.05) is 36.5 Å². The molecule has 146 valence electrons. The number of aromatic nitrogens is 4. The van der Waals surface area contributed by atoms with Crippen molar-refractivity contribution in [2.45, 2.75) is 6.61 Å². The molecule has 5 rings (SSSR count). The van der Waals surface area contributed by atoms with Crippen molar-refractivity contribution in [2.24, 2.45) is 0 Å². The lowest BCUT2D eigenvalue weighted by Gasteiger charge is -2.28. The molecule has 1 N–H and O–H groups in total. The van der Waals surface area contributed by atoms with Gasteiger partial charge in [-0.1, -0.05) is 18.2 Å². The second kappa shape index (κ2) is 7.89. The van der Waals surface area contributed by atoms with Crippen molar-refractivity contribution in [2.75, 3.05) is 31.2 Å².